The van der Waals surface area contributed by atoms with Crippen molar-refractivity contribution in [2.75, 3.05) is 6.61 Å². The second-order valence-electron chi connectivity index (χ2n) is 17.3. The third-order valence-corrected chi connectivity index (χ3v) is 12.3. The Labute approximate surface area is 334 Å². The van der Waals surface area contributed by atoms with Crippen molar-refractivity contribution in [3.63, 3.8) is 0 Å². The van der Waals surface area contributed by atoms with E-state index in [4.69, 9.17) is 4.74 Å². The van der Waals surface area contributed by atoms with Crippen molar-refractivity contribution < 1.29 is 20.1 Å². The first-order valence-electron chi connectivity index (χ1n) is 19.8. The topological polar surface area (TPSA) is 69.9 Å². The summed E-state index contributed by atoms with van der Waals surface area (Å²) in [6.45, 7) is 17.1. The van der Waals surface area contributed by atoms with E-state index in [0.29, 0.717) is 5.75 Å². The van der Waals surface area contributed by atoms with Crippen LogP contribution in [0.3, 0.4) is 0 Å². The molecule has 4 nitrogen and oxygen atoms in total. The number of hydrogen-bond acceptors (Lipinski definition) is 4. The maximum absolute atomic E-state index is 12.1. The highest BCUT2D eigenvalue weighted by Crippen LogP contribution is 2.46. The molecule has 0 radical (unpaired) electrons. The minimum absolute atomic E-state index is 0.318. The van der Waals surface area contributed by atoms with Gasteiger partial charge in [0.25, 0.3) is 0 Å². The molecule has 0 fully saturated rings. The van der Waals surface area contributed by atoms with Gasteiger partial charge in [-0.05, 0) is 50.6 Å². The summed E-state index contributed by atoms with van der Waals surface area (Å²) in [5, 5.41) is 33.5. The molecule has 0 bridgehead atoms. The molecule has 56 heavy (non-hydrogen) atoms. The highest BCUT2D eigenvalue weighted by molar-refractivity contribution is 5.53. The summed E-state index contributed by atoms with van der Waals surface area (Å²) in [6.07, 6.45) is -3.94. The molecule has 0 saturated heterocycles. The molecule has 6 rings (SSSR count). The van der Waals surface area contributed by atoms with Crippen molar-refractivity contribution >= 4 is 0 Å². The van der Waals surface area contributed by atoms with Gasteiger partial charge in [0.15, 0.2) is 6.10 Å². The van der Waals surface area contributed by atoms with Crippen LogP contribution in [0, 0.1) is 0 Å². The van der Waals surface area contributed by atoms with Crippen molar-refractivity contribution in [1.29, 1.82) is 0 Å². The van der Waals surface area contributed by atoms with Gasteiger partial charge in [0, 0.05) is 27.2 Å². The molecule has 290 valence electrons. The van der Waals surface area contributed by atoms with E-state index < -0.39 is 35.7 Å². The molecule has 1 unspecified atom stereocenters. The molecule has 0 spiro atoms. The molecular weight excluding hydrogens is 689 g/mol. The third kappa shape index (κ3) is 7.97. The van der Waals surface area contributed by atoms with Crippen LogP contribution < -0.4 is 4.74 Å². The monoisotopic (exact) mass is 746 g/mol. The molecule has 0 aliphatic heterocycles. The lowest BCUT2D eigenvalue weighted by molar-refractivity contribution is -0.0697. The van der Waals surface area contributed by atoms with E-state index in [1.807, 2.05) is 48.5 Å². The Morgan fingerprint density at radius 2 is 0.786 bits per heavy atom. The average Bonchev–Trinajstić information content (AvgIpc) is 3.23. The second-order valence-corrected chi connectivity index (χ2v) is 17.3. The highest BCUT2D eigenvalue weighted by atomic mass is 16.5. The van der Waals surface area contributed by atoms with Gasteiger partial charge in [-0.1, -0.05) is 207 Å². The summed E-state index contributed by atoms with van der Waals surface area (Å²) in [5.41, 5.74) is 7.78. The van der Waals surface area contributed by atoms with Crippen molar-refractivity contribution in [3.05, 3.63) is 208 Å². The summed E-state index contributed by atoms with van der Waals surface area (Å²) >= 11 is 0. The average molecular weight is 747 g/mol. The Morgan fingerprint density at radius 3 is 1.20 bits per heavy atom. The van der Waals surface area contributed by atoms with Crippen LogP contribution in [-0.2, 0) is 21.7 Å². The summed E-state index contributed by atoms with van der Waals surface area (Å²) in [4.78, 5) is 0. The minimum Gasteiger partial charge on any atom is -0.483 e. The molecule has 6 aromatic carbocycles. The maximum Gasteiger partial charge on any atom is 0.152 e. The number of benzene rings is 6. The molecule has 6 aromatic rings. The van der Waals surface area contributed by atoms with Crippen LogP contribution >= 0.6 is 0 Å². The van der Waals surface area contributed by atoms with Gasteiger partial charge >= 0.3 is 0 Å². The fourth-order valence-corrected chi connectivity index (χ4v) is 8.07. The number of ether oxygens (including phenoxy) is 1. The van der Waals surface area contributed by atoms with E-state index in [-0.39, 0.29) is 10.8 Å². The Kier molecular flexibility index (Phi) is 11.8. The van der Waals surface area contributed by atoms with Gasteiger partial charge in [-0.3, -0.25) is 0 Å². The molecular formula is C52H58O4. The first-order valence-corrected chi connectivity index (χ1v) is 19.8. The van der Waals surface area contributed by atoms with Gasteiger partial charge in [0.1, 0.15) is 18.0 Å². The van der Waals surface area contributed by atoms with Gasteiger partial charge < -0.3 is 20.1 Å². The van der Waals surface area contributed by atoms with Crippen molar-refractivity contribution in [2.24, 2.45) is 0 Å². The number of aliphatic hydroxyl groups excluding tert-OH is 3. The summed E-state index contributed by atoms with van der Waals surface area (Å²) in [7, 11) is 0. The fraction of sp³-hybridized carbons (Fsp3) is 0.308. The molecule has 4 heteroatoms. The molecule has 3 atom stereocenters. The van der Waals surface area contributed by atoms with Gasteiger partial charge in [-0.25, -0.2) is 0 Å². The second kappa shape index (κ2) is 16.2. The lowest BCUT2D eigenvalue weighted by atomic mass is 9.70. The molecule has 0 heterocycles. The van der Waals surface area contributed by atoms with E-state index in [0.717, 1.165) is 38.9 Å². The molecule has 3 N–H and O–H groups in total. The Morgan fingerprint density at radius 1 is 0.429 bits per heavy atom. The lowest BCUT2D eigenvalue weighted by Gasteiger charge is -2.37. The van der Waals surface area contributed by atoms with Crippen LogP contribution in [0.1, 0.15) is 112 Å². The summed E-state index contributed by atoms with van der Waals surface area (Å²) in [6, 6.07) is 54.5. The molecule has 0 amide bonds. The van der Waals surface area contributed by atoms with Crippen molar-refractivity contribution in [2.45, 2.75) is 95.4 Å². The first kappa shape index (κ1) is 40.7. The zero-order valence-electron chi connectivity index (χ0n) is 34.2. The van der Waals surface area contributed by atoms with Gasteiger partial charge in [0.2, 0.25) is 0 Å². The van der Waals surface area contributed by atoms with Gasteiger partial charge in [-0.15, -0.1) is 0 Å². The van der Waals surface area contributed by atoms with E-state index in [9.17, 15) is 15.3 Å². The smallest absolute Gasteiger partial charge is 0.152 e. The van der Waals surface area contributed by atoms with E-state index in [1.54, 1.807) is 0 Å². The van der Waals surface area contributed by atoms with Crippen molar-refractivity contribution in [1.82, 2.24) is 0 Å². The van der Waals surface area contributed by atoms with E-state index in [1.165, 1.54) is 11.1 Å². The quantitative estimate of drug-likeness (QED) is 0.104. The van der Waals surface area contributed by atoms with Crippen LogP contribution in [0.5, 0.6) is 5.75 Å². The number of aliphatic hydroxyl groups is 3. The third-order valence-electron chi connectivity index (χ3n) is 12.3. The predicted octanol–water partition coefficient (Wildman–Crippen LogP) is 10.8. The SMILES string of the molecule is CC(C)(c1ccccc1)c1ccc(OC(c2ccc(C(C)(C)c3ccccc3)cc2C(C)(C)c2ccccc2)[C@H](O)[C@H](O)CO)c(C(C)(C)c2ccccc2)c1. The Balaban J connectivity index is 1.58. The molecule has 0 aliphatic carbocycles. The standard InChI is InChI=1S/C52H58O4/c1-49(2,36-21-13-9-14-22-36)40-29-31-42(43(33-40)51(5,6)38-25-17-11-18-26-38)48(47(55)45(54)35-53)56-46-32-30-41(50(3,4)37-23-15-10-16-24-37)34-44(46)52(7,8)39-27-19-12-20-28-39/h9-34,45,47-48,53-55H,35H2,1-8H3/t45-,47-,48?/m1/s1. The van der Waals surface area contributed by atoms with Crippen LogP contribution in [-0.4, -0.2) is 34.1 Å². The largest absolute Gasteiger partial charge is 0.483 e. The summed E-state index contributed by atoms with van der Waals surface area (Å²) < 4.78 is 7.16. The predicted molar refractivity (Wildman–Crippen MR) is 230 cm³/mol. The molecule has 0 aliphatic rings. The zero-order valence-corrected chi connectivity index (χ0v) is 34.2. The van der Waals surface area contributed by atoms with Gasteiger partial charge in [-0.2, -0.15) is 0 Å². The zero-order chi connectivity index (χ0) is 40.3. The van der Waals surface area contributed by atoms with Crippen LogP contribution in [0.15, 0.2) is 158 Å². The number of hydrogen-bond donors (Lipinski definition) is 3. The Hall–Kier alpha value is -5.00. The lowest BCUT2D eigenvalue weighted by Crippen LogP contribution is -2.39. The normalized spacial score (nSPS) is 14.2. The molecule has 0 aromatic heterocycles. The van der Waals surface area contributed by atoms with Crippen LogP contribution in [0.2, 0.25) is 0 Å². The van der Waals surface area contributed by atoms with Gasteiger partial charge in [0.05, 0.1) is 6.61 Å². The van der Waals surface area contributed by atoms with Crippen LogP contribution in [0.25, 0.3) is 0 Å². The van der Waals surface area contributed by atoms with Crippen molar-refractivity contribution in [3.8, 4) is 5.75 Å². The summed E-state index contributed by atoms with van der Waals surface area (Å²) in [5.74, 6) is 0.595. The Bertz CT molecular complexity index is 2190. The first-order chi connectivity index (χ1) is 26.6. The molecule has 0 saturated carbocycles. The minimum atomic E-state index is -1.45. The number of rotatable bonds is 14. The highest BCUT2D eigenvalue weighted by Gasteiger charge is 2.39. The van der Waals surface area contributed by atoms with E-state index in [2.05, 4.69) is 165 Å². The van der Waals surface area contributed by atoms with E-state index >= 15 is 0 Å². The fourth-order valence-electron chi connectivity index (χ4n) is 8.07. The van der Waals surface area contributed by atoms with Crippen LogP contribution in [0.4, 0.5) is 0 Å². The maximum atomic E-state index is 12.1.